The van der Waals surface area contributed by atoms with Gasteiger partial charge in [0.05, 0.1) is 16.7 Å². The van der Waals surface area contributed by atoms with Gasteiger partial charge in [-0.2, -0.15) is 0 Å². The molecular formula is C17H15NOS. The second-order valence-electron chi connectivity index (χ2n) is 5.26. The zero-order valence-corrected chi connectivity index (χ0v) is 11.9. The van der Waals surface area contributed by atoms with E-state index in [1.54, 1.807) is 11.3 Å². The average molecular weight is 281 g/mol. The fourth-order valence-electron chi connectivity index (χ4n) is 2.92. The maximum Gasteiger partial charge on any atom is 0.124 e. The van der Waals surface area contributed by atoms with Crippen molar-refractivity contribution in [2.24, 2.45) is 0 Å². The van der Waals surface area contributed by atoms with Crippen LogP contribution >= 0.6 is 11.3 Å². The number of aromatic nitrogens is 1. The number of hydrogen-bond acceptors (Lipinski definition) is 3. The van der Waals surface area contributed by atoms with E-state index in [4.69, 9.17) is 4.98 Å². The van der Waals surface area contributed by atoms with Crippen LogP contribution in [0.4, 0.5) is 0 Å². The lowest BCUT2D eigenvalue weighted by molar-refractivity contribution is 0.160. The Kier molecular flexibility index (Phi) is 2.83. The second kappa shape index (κ2) is 4.69. The topological polar surface area (TPSA) is 33.1 Å². The highest BCUT2D eigenvalue weighted by Crippen LogP contribution is 2.39. The Bertz CT molecular complexity index is 772. The van der Waals surface area contributed by atoms with Crippen LogP contribution in [0.15, 0.2) is 42.5 Å². The standard InChI is InChI=1S/C17H15NOS/c19-15-10-4-9-14-16(15)20-17(18-14)13-8-3-6-11-5-1-2-7-12(11)13/h1-3,5-8,15,19H,4,9-10H2. The Morgan fingerprint density at radius 3 is 2.85 bits per heavy atom. The maximum absolute atomic E-state index is 10.1. The summed E-state index contributed by atoms with van der Waals surface area (Å²) in [5.74, 6) is 0. The molecule has 0 spiro atoms. The Labute approximate surface area is 121 Å². The number of nitrogens with zero attached hydrogens (tertiary/aromatic N) is 1. The maximum atomic E-state index is 10.1. The van der Waals surface area contributed by atoms with Gasteiger partial charge in [-0.15, -0.1) is 11.3 Å². The quantitative estimate of drug-likeness (QED) is 0.720. The smallest absolute Gasteiger partial charge is 0.124 e. The normalized spacial score (nSPS) is 18.1. The fraction of sp³-hybridized carbons (Fsp3) is 0.235. The van der Waals surface area contributed by atoms with Crippen molar-refractivity contribution in [1.82, 2.24) is 4.98 Å². The van der Waals surface area contributed by atoms with Crippen LogP contribution in [0.25, 0.3) is 21.3 Å². The van der Waals surface area contributed by atoms with Crippen LogP contribution in [-0.2, 0) is 6.42 Å². The van der Waals surface area contributed by atoms with Crippen LogP contribution in [0, 0.1) is 0 Å². The first-order valence-corrected chi connectivity index (χ1v) is 7.80. The monoisotopic (exact) mass is 281 g/mol. The van der Waals surface area contributed by atoms with E-state index >= 15 is 0 Å². The van der Waals surface area contributed by atoms with E-state index in [1.807, 2.05) is 0 Å². The van der Waals surface area contributed by atoms with Crippen molar-refractivity contribution in [3.63, 3.8) is 0 Å². The van der Waals surface area contributed by atoms with Crippen LogP contribution in [0.1, 0.15) is 29.5 Å². The molecule has 0 radical (unpaired) electrons. The molecule has 4 rings (SSSR count). The van der Waals surface area contributed by atoms with Gasteiger partial charge in [0, 0.05) is 5.56 Å². The number of hydrogen-bond donors (Lipinski definition) is 1. The predicted octanol–water partition coefficient (Wildman–Crippen LogP) is 4.33. The number of aryl methyl sites for hydroxylation is 1. The van der Waals surface area contributed by atoms with E-state index in [9.17, 15) is 5.11 Å². The summed E-state index contributed by atoms with van der Waals surface area (Å²) < 4.78 is 0. The summed E-state index contributed by atoms with van der Waals surface area (Å²) in [7, 11) is 0. The summed E-state index contributed by atoms with van der Waals surface area (Å²) in [6.07, 6.45) is 2.57. The summed E-state index contributed by atoms with van der Waals surface area (Å²) >= 11 is 1.65. The van der Waals surface area contributed by atoms with Gasteiger partial charge in [0.2, 0.25) is 0 Å². The number of aliphatic hydroxyl groups is 1. The molecule has 1 heterocycles. The summed E-state index contributed by atoms with van der Waals surface area (Å²) in [4.78, 5) is 5.85. The van der Waals surface area contributed by atoms with Crippen molar-refractivity contribution in [1.29, 1.82) is 0 Å². The molecule has 1 N–H and O–H groups in total. The number of rotatable bonds is 1. The van der Waals surface area contributed by atoms with Crippen LogP contribution in [0.5, 0.6) is 0 Å². The molecule has 3 heteroatoms. The molecule has 1 aliphatic rings. The number of aliphatic hydroxyl groups excluding tert-OH is 1. The van der Waals surface area contributed by atoms with Crippen molar-refractivity contribution < 1.29 is 5.11 Å². The van der Waals surface area contributed by atoms with Crippen molar-refractivity contribution >= 4 is 22.1 Å². The predicted molar refractivity (Wildman–Crippen MR) is 83.0 cm³/mol. The summed E-state index contributed by atoms with van der Waals surface area (Å²) in [5, 5.41) is 13.6. The molecule has 1 atom stereocenters. The zero-order valence-electron chi connectivity index (χ0n) is 11.0. The van der Waals surface area contributed by atoms with Gasteiger partial charge in [-0.3, -0.25) is 0 Å². The number of thiazole rings is 1. The lowest BCUT2D eigenvalue weighted by atomic mass is 10.0. The minimum Gasteiger partial charge on any atom is -0.388 e. The van der Waals surface area contributed by atoms with Crippen molar-refractivity contribution in [3.05, 3.63) is 53.0 Å². The van der Waals surface area contributed by atoms with Crippen LogP contribution in [0.3, 0.4) is 0 Å². The first kappa shape index (κ1) is 12.1. The van der Waals surface area contributed by atoms with E-state index in [0.717, 1.165) is 34.8 Å². The second-order valence-corrected chi connectivity index (χ2v) is 6.30. The molecule has 1 aliphatic carbocycles. The molecule has 0 amide bonds. The molecule has 100 valence electrons. The number of fused-ring (bicyclic) bond motifs is 2. The van der Waals surface area contributed by atoms with Crippen molar-refractivity contribution in [2.75, 3.05) is 0 Å². The van der Waals surface area contributed by atoms with Crippen molar-refractivity contribution in [3.8, 4) is 10.6 Å². The zero-order chi connectivity index (χ0) is 13.5. The van der Waals surface area contributed by atoms with Crippen LogP contribution in [0.2, 0.25) is 0 Å². The van der Waals surface area contributed by atoms with Gasteiger partial charge in [-0.25, -0.2) is 4.98 Å². The highest BCUT2D eigenvalue weighted by Gasteiger charge is 2.23. The molecule has 0 fully saturated rings. The van der Waals surface area contributed by atoms with E-state index in [2.05, 4.69) is 42.5 Å². The fourth-order valence-corrected chi connectivity index (χ4v) is 4.10. The largest absolute Gasteiger partial charge is 0.388 e. The molecular weight excluding hydrogens is 266 g/mol. The average Bonchev–Trinajstić information content (AvgIpc) is 2.92. The molecule has 1 unspecified atom stereocenters. The third-order valence-corrected chi connectivity index (χ3v) is 5.17. The van der Waals surface area contributed by atoms with Gasteiger partial charge in [0.1, 0.15) is 5.01 Å². The number of benzene rings is 2. The Morgan fingerprint density at radius 1 is 1.10 bits per heavy atom. The molecule has 0 aliphatic heterocycles. The lowest BCUT2D eigenvalue weighted by Crippen LogP contribution is -2.06. The van der Waals surface area contributed by atoms with E-state index in [1.165, 1.54) is 16.3 Å². The molecule has 3 aromatic rings. The summed E-state index contributed by atoms with van der Waals surface area (Å²) in [6.45, 7) is 0. The SMILES string of the molecule is OC1CCCc2nc(-c3cccc4ccccc34)sc21. The van der Waals surface area contributed by atoms with Gasteiger partial charge < -0.3 is 5.11 Å². The van der Waals surface area contributed by atoms with Gasteiger partial charge >= 0.3 is 0 Å². The van der Waals surface area contributed by atoms with Crippen LogP contribution in [-0.4, -0.2) is 10.1 Å². The third-order valence-electron chi connectivity index (χ3n) is 3.94. The summed E-state index contributed by atoms with van der Waals surface area (Å²) in [5.41, 5.74) is 2.27. The van der Waals surface area contributed by atoms with Gasteiger partial charge in [0.25, 0.3) is 0 Å². The van der Waals surface area contributed by atoms with Crippen molar-refractivity contribution in [2.45, 2.75) is 25.4 Å². The molecule has 0 bridgehead atoms. The van der Waals surface area contributed by atoms with Gasteiger partial charge in [-0.05, 0) is 30.0 Å². The highest BCUT2D eigenvalue weighted by molar-refractivity contribution is 7.15. The molecule has 0 saturated carbocycles. The summed E-state index contributed by atoms with van der Waals surface area (Å²) in [6, 6.07) is 14.7. The first-order valence-electron chi connectivity index (χ1n) is 6.99. The Balaban J connectivity index is 1.92. The third kappa shape index (κ3) is 1.86. The van der Waals surface area contributed by atoms with E-state index in [0.29, 0.717) is 0 Å². The first-order chi connectivity index (χ1) is 9.83. The van der Waals surface area contributed by atoms with Gasteiger partial charge in [-0.1, -0.05) is 42.5 Å². The van der Waals surface area contributed by atoms with Gasteiger partial charge in [0.15, 0.2) is 0 Å². The molecule has 1 aromatic heterocycles. The Hall–Kier alpha value is -1.71. The molecule has 0 saturated heterocycles. The minimum atomic E-state index is -0.319. The highest BCUT2D eigenvalue weighted by atomic mass is 32.1. The lowest BCUT2D eigenvalue weighted by Gasteiger charge is -2.14. The van der Waals surface area contributed by atoms with E-state index < -0.39 is 0 Å². The minimum absolute atomic E-state index is 0.319. The van der Waals surface area contributed by atoms with E-state index in [-0.39, 0.29) is 6.10 Å². The van der Waals surface area contributed by atoms with Crippen LogP contribution < -0.4 is 0 Å². The molecule has 2 aromatic carbocycles. The molecule has 2 nitrogen and oxygen atoms in total. The Morgan fingerprint density at radius 2 is 1.95 bits per heavy atom. The molecule has 20 heavy (non-hydrogen) atoms.